The highest BCUT2D eigenvalue weighted by atomic mass is 32.2. The number of aromatic nitrogens is 2. The molecular formula is C19H22F3N3O2S2. The summed E-state index contributed by atoms with van der Waals surface area (Å²) in [6.07, 6.45) is -0.547. The first-order valence-electron chi connectivity index (χ1n) is 9.78. The van der Waals surface area contributed by atoms with Crippen molar-refractivity contribution in [1.82, 2.24) is 14.9 Å². The van der Waals surface area contributed by atoms with Crippen LogP contribution in [0.4, 0.5) is 13.2 Å². The Balaban J connectivity index is 1.29. The fourth-order valence-electron chi connectivity index (χ4n) is 4.07. The first kappa shape index (κ1) is 20.7. The van der Waals surface area contributed by atoms with Crippen LogP contribution in [0.25, 0.3) is 10.2 Å². The third-order valence-electron chi connectivity index (χ3n) is 5.56. The maximum atomic E-state index is 12.9. The lowest BCUT2D eigenvalue weighted by molar-refractivity contribution is -0.188. The molecule has 0 aromatic carbocycles. The van der Waals surface area contributed by atoms with Gasteiger partial charge in [0, 0.05) is 30.1 Å². The number of carbonyl (C=O) groups excluding carboxylic acids is 1. The zero-order valence-electron chi connectivity index (χ0n) is 15.8. The number of H-pyrrole nitrogens is 1. The second-order valence-corrected chi connectivity index (χ2v) is 9.76. The molecule has 2 aliphatic rings. The van der Waals surface area contributed by atoms with Crippen molar-refractivity contribution in [2.75, 3.05) is 18.8 Å². The number of fused-ring (bicyclic) bond motifs is 3. The number of hydrogen-bond donors (Lipinski definition) is 1. The van der Waals surface area contributed by atoms with E-state index in [-0.39, 0.29) is 30.9 Å². The molecule has 2 aromatic heterocycles. The summed E-state index contributed by atoms with van der Waals surface area (Å²) in [5.74, 6) is -0.129. The number of piperidine rings is 1. The molecule has 4 rings (SSSR count). The molecule has 1 N–H and O–H groups in total. The third kappa shape index (κ3) is 4.47. The van der Waals surface area contributed by atoms with Crippen molar-refractivity contribution in [3.8, 4) is 0 Å². The van der Waals surface area contributed by atoms with Crippen molar-refractivity contribution in [3.63, 3.8) is 0 Å². The van der Waals surface area contributed by atoms with Crippen LogP contribution in [0.5, 0.6) is 0 Å². The normalized spacial score (nSPS) is 19.7. The first-order valence-corrected chi connectivity index (χ1v) is 11.8. The Bertz CT molecular complexity index is 970. The van der Waals surface area contributed by atoms with Crippen LogP contribution in [0.15, 0.2) is 4.79 Å². The number of nitrogens with zero attached hydrogens (tertiary/aromatic N) is 2. The second kappa shape index (κ2) is 8.29. The quantitative estimate of drug-likeness (QED) is 0.709. The van der Waals surface area contributed by atoms with E-state index in [2.05, 4.69) is 9.97 Å². The van der Waals surface area contributed by atoms with Gasteiger partial charge < -0.3 is 9.88 Å². The lowest BCUT2D eigenvalue weighted by Crippen LogP contribution is -2.44. The summed E-state index contributed by atoms with van der Waals surface area (Å²) in [6, 6.07) is 0. The molecule has 0 radical (unpaired) electrons. The van der Waals surface area contributed by atoms with Crippen molar-refractivity contribution in [2.45, 2.75) is 50.5 Å². The third-order valence-corrected chi connectivity index (χ3v) is 7.72. The van der Waals surface area contributed by atoms with E-state index >= 15 is 0 Å². The maximum Gasteiger partial charge on any atom is 0.393 e. The molecule has 1 unspecified atom stereocenters. The van der Waals surface area contributed by atoms with E-state index in [0.29, 0.717) is 30.3 Å². The van der Waals surface area contributed by atoms with Crippen LogP contribution in [-0.2, 0) is 23.4 Å². The number of aryl methyl sites for hydroxylation is 2. The van der Waals surface area contributed by atoms with Gasteiger partial charge in [0.15, 0.2) is 0 Å². The molecule has 0 saturated carbocycles. The maximum absolute atomic E-state index is 12.9. The Morgan fingerprint density at radius 1 is 1.31 bits per heavy atom. The molecule has 3 heterocycles. The van der Waals surface area contributed by atoms with Crippen LogP contribution in [0.1, 0.15) is 41.9 Å². The molecule has 1 fully saturated rings. The van der Waals surface area contributed by atoms with E-state index in [1.807, 2.05) is 0 Å². The number of nitrogens with one attached hydrogen (secondary N) is 1. The highest BCUT2D eigenvalue weighted by Crippen LogP contribution is 2.35. The number of likely N-dealkylation sites (tertiary alicyclic amines) is 1. The Kier molecular flexibility index (Phi) is 5.92. The monoisotopic (exact) mass is 445 g/mol. The number of rotatable bonds is 5. The number of carbonyl (C=O) groups is 1. The average Bonchev–Trinajstić information content (AvgIpc) is 3.25. The molecule has 1 saturated heterocycles. The van der Waals surface area contributed by atoms with Gasteiger partial charge in [-0.3, -0.25) is 9.59 Å². The number of alkyl halides is 3. The highest BCUT2D eigenvalue weighted by Gasteiger charge is 2.42. The number of thioether (sulfide) groups is 1. The summed E-state index contributed by atoms with van der Waals surface area (Å²) in [7, 11) is 0. The summed E-state index contributed by atoms with van der Waals surface area (Å²) in [6.45, 7) is 0.159. The summed E-state index contributed by atoms with van der Waals surface area (Å²) < 4.78 is 38.7. The van der Waals surface area contributed by atoms with Gasteiger partial charge in [-0.2, -0.15) is 24.9 Å². The van der Waals surface area contributed by atoms with E-state index in [0.717, 1.165) is 35.0 Å². The van der Waals surface area contributed by atoms with Gasteiger partial charge in [-0.25, -0.2) is 4.98 Å². The summed E-state index contributed by atoms with van der Waals surface area (Å²) in [5.41, 5.74) is 1.04. The van der Waals surface area contributed by atoms with Gasteiger partial charge in [-0.05, 0) is 37.7 Å². The smallest absolute Gasteiger partial charge is 0.342 e. The molecular weight excluding hydrogens is 423 g/mol. The molecule has 1 aliphatic heterocycles. The predicted octanol–water partition coefficient (Wildman–Crippen LogP) is 3.90. The fourth-order valence-corrected chi connectivity index (χ4v) is 6.15. The van der Waals surface area contributed by atoms with Crippen LogP contribution in [-0.4, -0.2) is 45.8 Å². The molecule has 5 nitrogen and oxygen atoms in total. The number of thiophene rings is 1. The van der Waals surface area contributed by atoms with Crippen molar-refractivity contribution in [1.29, 1.82) is 0 Å². The van der Waals surface area contributed by atoms with Crippen molar-refractivity contribution < 1.29 is 18.0 Å². The van der Waals surface area contributed by atoms with E-state index in [1.54, 1.807) is 11.3 Å². The van der Waals surface area contributed by atoms with Crippen LogP contribution in [0, 0.1) is 5.92 Å². The second-order valence-electron chi connectivity index (χ2n) is 7.57. The topological polar surface area (TPSA) is 66.1 Å². The lowest BCUT2D eigenvalue weighted by Gasteiger charge is -2.33. The molecule has 29 heavy (non-hydrogen) atoms. The number of amides is 1. The van der Waals surface area contributed by atoms with Crippen LogP contribution in [0.2, 0.25) is 0 Å². The highest BCUT2D eigenvalue weighted by molar-refractivity contribution is 7.98. The van der Waals surface area contributed by atoms with Crippen molar-refractivity contribution in [3.05, 3.63) is 26.6 Å². The van der Waals surface area contributed by atoms with Gasteiger partial charge in [0.25, 0.3) is 5.56 Å². The largest absolute Gasteiger partial charge is 0.393 e. The van der Waals surface area contributed by atoms with Crippen LogP contribution in [0.3, 0.4) is 0 Å². The van der Waals surface area contributed by atoms with Gasteiger partial charge in [0.1, 0.15) is 10.7 Å². The summed E-state index contributed by atoms with van der Waals surface area (Å²) in [5, 5.41) is 0.718. The summed E-state index contributed by atoms with van der Waals surface area (Å²) >= 11 is 3.04. The Morgan fingerprint density at radius 2 is 2.14 bits per heavy atom. The van der Waals surface area contributed by atoms with Gasteiger partial charge in [0.2, 0.25) is 5.91 Å². The zero-order chi connectivity index (χ0) is 20.6. The Labute approximate surface area is 174 Å². The molecule has 1 aliphatic carbocycles. The summed E-state index contributed by atoms with van der Waals surface area (Å²) in [4.78, 5) is 35.5. The molecule has 2 aromatic rings. The van der Waals surface area contributed by atoms with E-state index in [9.17, 15) is 22.8 Å². The number of hydrogen-bond acceptors (Lipinski definition) is 5. The van der Waals surface area contributed by atoms with Crippen molar-refractivity contribution in [2.24, 2.45) is 5.92 Å². The van der Waals surface area contributed by atoms with E-state index in [4.69, 9.17) is 0 Å². The number of aromatic amines is 1. The molecule has 10 heteroatoms. The minimum atomic E-state index is -4.24. The van der Waals surface area contributed by atoms with E-state index in [1.165, 1.54) is 21.5 Å². The minimum Gasteiger partial charge on any atom is -0.342 e. The predicted molar refractivity (Wildman–Crippen MR) is 108 cm³/mol. The Morgan fingerprint density at radius 3 is 2.93 bits per heavy atom. The molecule has 1 atom stereocenters. The SMILES string of the molecule is O=C(CCSCc1nc2sc3c(c2c(=O)[nH]1)CCC3)N1CCCC(C(F)(F)F)C1. The first-order chi connectivity index (χ1) is 13.8. The van der Waals surface area contributed by atoms with Crippen molar-refractivity contribution >= 4 is 39.2 Å². The standard InChI is InChI=1S/C19H22F3N3O2S2/c20-19(21,22)11-3-2-7-25(9-11)15(26)6-8-28-10-14-23-17(27)16-12-4-1-5-13(12)29-18(16)24-14/h11H,1-10H2,(H,23,24,27). The van der Waals surface area contributed by atoms with Gasteiger partial charge in [0.05, 0.1) is 17.1 Å². The Hall–Kier alpha value is -1.55. The molecule has 158 valence electrons. The number of halogens is 3. The van der Waals surface area contributed by atoms with Gasteiger partial charge in [-0.15, -0.1) is 11.3 Å². The molecule has 1 amide bonds. The lowest BCUT2D eigenvalue weighted by atomic mass is 9.97. The van der Waals surface area contributed by atoms with Crippen LogP contribution < -0.4 is 5.56 Å². The minimum absolute atomic E-state index is 0.0929. The van der Waals surface area contributed by atoms with Crippen LogP contribution >= 0.6 is 23.1 Å². The molecule has 0 spiro atoms. The molecule has 0 bridgehead atoms. The average molecular weight is 446 g/mol. The zero-order valence-corrected chi connectivity index (χ0v) is 17.4. The fraction of sp³-hybridized carbons (Fsp3) is 0.632. The van der Waals surface area contributed by atoms with Gasteiger partial charge in [-0.1, -0.05) is 0 Å². The van der Waals surface area contributed by atoms with Gasteiger partial charge >= 0.3 is 6.18 Å². The van der Waals surface area contributed by atoms with E-state index < -0.39 is 12.1 Å².